The van der Waals surface area contributed by atoms with E-state index in [9.17, 15) is 4.79 Å². The molecule has 1 amide bonds. The second-order valence-corrected chi connectivity index (χ2v) is 6.84. The number of nitrogens with zero attached hydrogens (tertiary/aromatic N) is 3. The predicted octanol–water partition coefficient (Wildman–Crippen LogP) is 3.28. The highest BCUT2D eigenvalue weighted by molar-refractivity contribution is 6.32. The van der Waals surface area contributed by atoms with Crippen LogP contribution in [-0.2, 0) is 0 Å². The first-order valence-corrected chi connectivity index (χ1v) is 8.51. The lowest BCUT2D eigenvalue weighted by Crippen LogP contribution is -2.34. The van der Waals surface area contributed by atoms with Crippen LogP contribution in [0.1, 0.15) is 36.3 Å². The van der Waals surface area contributed by atoms with E-state index in [1.54, 1.807) is 28.9 Å². The van der Waals surface area contributed by atoms with E-state index >= 15 is 0 Å². The van der Waals surface area contributed by atoms with Crippen LogP contribution in [0.4, 0.5) is 0 Å². The smallest absolute Gasteiger partial charge is 0.257 e. The molecule has 1 heterocycles. The Balaban J connectivity index is 2.15. The summed E-state index contributed by atoms with van der Waals surface area (Å²) < 4.78 is 1.70. The second-order valence-electron chi connectivity index (χ2n) is 6.43. The van der Waals surface area contributed by atoms with Crippen LogP contribution in [-0.4, -0.2) is 40.2 Å². The molecule has 0 aliphatic carbocycles. The quantitative estimate of drug-likeness (QED) is 0.871. The van der Waals surface area contributed by atoms with Crippen LogP contribution in [0.2, 0.25) is 5.02 Å². The van der Waals surface area contributed by atoms with E-state index in [1.807, 2.05) is 25.1 Å². The molecule has 0 aliphatic heterocycles. The highest BCUT2D eigenvalue weighted by Crippen LogP contribution is 2.22. The zero-order valence-electron chi connectivity index (χ0n) is 14.7. The molecule has 0 aliphatic rings. The number of carbonyl (C=O) groups is 1. The van der Waals surface area contributed by atoms with E-state index < -0.39 is 0 Å². The summed E-state index contributed by atoms with van der Waals surface area (Å²) in [6, 6.07) is 7.53. The Bertz CT molecular complexity index is 711. The average molecular weight is 349 g/mol. The third-order valence-corrected chi connectivity index (χ3v) is 4.64. The molecule has 1 atom stereocenters. The lowest BCUT2D eigenvalue weighted by molar-refractivity contribution is 0.0788. The number of hydrogen-bond acceptors (Lipinski definition) is 3. The van der Waals surface area contributed by atoms with Crippen molar-refractivity contribution < 1.29 is 4.79 Å². The summed E-state index contributed by atoms with van der Waals surface area (Å²) in [6.45, 7) is 6.67. The highest BCUT2D eigenvalue weighted by atomic mass is 35.5. The molecule has 0 saturated carbocycles. The Kier molecular flexibility index (Phi) is 6.02. The van der Waals surface area contributed by atoms with E-state index in [0.29, 0.717) is 23.0 Å². The lowest BCUT2D eigenvalue weighted by Gasteiger charge is -2.21. The first-order chi connectivity index (χ1) is 11.3. The van der Waals surface area contributed by atoms with Crippen molar-refractivity contribution in [2.24, 2.45) is 11.7 Å². The van der Waals surface area contributed by atoms with Gasteiger partial charge in [-0.05, 0) is 31.4 Å². The maximum atomic E-state index is 12.7. The number of halogens is 1. The minimum Gasteiger partial charge on any atom is -0.342 e. The van der Waals surface area contributed by atoms with Gasteiger partial charge in [0, 0.05) is 19.6 Å². The fourth-order valence-corrected chi connectivity index (χ4v) is 2.68. The van der Waals surface area contributed by atoms with Gasteiger partial charge >= 0.3 is 0 Å². The van der Waals surface area contributed by atoms with Crippen LogP contribution in [0.5, 0.6) is 0 Å². The normalized spacial score (nSPS) is 12.5. The van der Waals surface area contributed by atoms with Crippen molar-refractivity contribution in [1.82, 2.24) is 14.7 Å². The first-order valence-electron chi connectivity index (χ1n) is 8.13. The molecule has 2 rings (SSSR count). The zero-order valence-corrected chi connectivity index (χ0v) is 15.4. The van der Waals surface area contributed by atoms with Gasteiger partial charge in [0.25, 0.3) is 5.91 Å². The van der Waals surface area contributed by atoms with Crippen molar-refractivity contribution in [3.05, 3.63) is 46.7 Å². The fraction of sp³-hybridized carbons (Fsp3) is 0.444. The van der Waals surface area contributed by atoms with Crippen molar-refractivity contribution in [2.45, 2.75) is 33.2 Å². The molecule has 1 aromatic carbocycles. The van der Waals surface area contributed by atoms with Gasteiger partial charge < -0.3 is 10.6 Å². The van der Waals surface area contributed by atoms with Crippen molar-refractivity contribution >= 4 is 17.5 Å². The molecule has 24 heavy (non-hydrogen) atoms. The molecular formula is C18H25ClN4O. The summed E-state index contributed by atoms with van der Waals surface area (Å²) >= 11 is 6.23. The van der Waals surface area contributed by atoms with Crippen LogP contribution in [0, 0.1) is 12.8 Å². The minimum atomic E-state index is -0.0539. The Morgan fingerprint density at radius 3 is 2.67 bits per heavy atom. The summed E-state index contributed by atoms with van der Waals surface area (Å²) in [5.74, 6) is 0.347. The minimum absolute atomic E-state index is 0.0539. The summed E-state index contributed by atoms with van der Waals surface area (Å²) in [6.07, 6.45) is 2.37. The number of hydrogen-bond donors (Lipinski definition) is 1. The number of carbonyl (C=O) groups excluding carboxylic acids is 1. The number of amides is 1. The van der Waals surface area contributed by atoms with Crippen LogP contribution in [0.25, 0.3) is 5.69 Å². The van der Waals surface area contributed by atoms with Gasteiger partial charge in [0.2, 0.25) is 0 Å². The van der Waals surface area contributed by atoms with Gasteiger partial charge in [-0.25, -0.2) is 4.68 Å². The average Bonchev–Trinajstić information content (AvgIpc) is 2.93. The Morgan fingerprint density at radius 2 is 2.04 bits per heavy atom. The maximum absolute atomic E-state index is 12.7. The van der Waals surface area contributed by atoms with Gasteiger partial charge in [-0.3, -0.25) is 4.79 Å². The lowest BCUT2D eigenvalue weighted by atomic mass is 10.0. The van der Waals surface area contributed by atoms with Crippen LogP contribution in [0.15, 0.2) is 30.5 Å². The van der Waals surface area contributed by atoms with Gasteiger partial charge in [0.1, 0.15) is 0 Å². The van der Waals surface area contributed by atoms with E-state index in [1.165, 1.54) is 0 Å². The van der Waals surface area contributed by atoms with Crippen LogP contribution >= 0.6 is 11.6 Å². The molecule has 0 saturated heterocycles. The van der Waals surface area contributed by atoms with E-state index in [2.05, 4.69) is 18.9 Å². The summed E-state index contributed by atoms with van der Waals surface area (Å²) in [4.78, 5) is 14.4. The molecule has 0 radical (unpaired) electrons. The standard InChI is InChI=1S/C18H25ClN4O/c1-12(2)16(20)9-10-22(4)18(24)14-11-21-23(13(14)3)17-8-6-5-7-15(17)19/h5-8,11-12,16H,9-10,20H2,1-4H3. The van der Waals surface area contributed by atoms with E-state index in [4.69, 9.17) is 17.3 Å². The van der Waals surface area contributed by atoms with Crippen LogP contribution < -0.4 is 5.73 Å². The highest BCUT2D eigenvalue weighted by Gasteiger charge is 2.20. The predicted molar refractivity (Wildman–Crippen MR) is 97.7 cm³/mol. The molecule has 1 aromatic heterocycles. The van der Waals surface area contributed by atoms with Gasteiger partial charge in [-0.2, -0.15) is 5.10 Å². The van der Waals surface area contributed by atoms with E-state index in [0.717, 1.165) is 17.8 Å². The SMILES string of the molecule is Cc1c(C(=O)N(C)CCC(N)C(C)C)cnn1-c1ccccc1Cl. The molecule has 0 bridgehead atoms. The number of para-hydroxylation sites is 1. The maximum Gasteiger partial charge on any atom is 0.257 e. The number of aromatic nitrogens is 2. The van der Waals surface area contributed by atoms with Crippen molar-refractivity contribution in [1.29, 1.82) is 0 Å². The van der Waals surface area contributed by atoms with Crippen LogP contribution in [0.3, 0.4) is 0 Å². The largest absolute Gasteiger partial charge is 0.342 e. The molecule has 130 valence electrons. The Hall–Kier alpha value is -1.85. The fourth-order valence-electron chi connectivity index (χ4n) is 2.47. The topological polar surface area (TPSA) is 64.2 Å². The molecular weight excluding hydrogens is 324 g/mol. The van der Waals surface area contributed by atoms with Crippen molar-refractivity contribution in [2.75, 3.05) is 13.6 Å². The Morgan fingerprint density at radius 1 is 1.38 bits per heavy atom. The molecule has 5 nitrogen and oxygen atoms in total. The van der Waals surface area contributed by atoms with Crippen molar-refractivity contribution in [3.8, 4) is 5.69 Å². The monoisotopic (exact) mass is 348 g/mol. The van der Waals surface area contributed by atoms with Gasteiger partial charge in [0.15, 0.2) is 0 Å². The third-order valence-electron chi connectivity index (χ3n) is 4.32. The summed E-state index contributed by atoms with van der Waals surface area (Å²) in [7, 11) is 1.79. The summed E-state index contributed by atoms with van der Waals surface area (Å²) in [5.41, 5.74) is 8.18. The molecule has 0 fully saturated rings. The van der Waals surface area contributed by atoms with Crippen molar-refractivity contribution in [3.63, 3.8) is 0 Å². The number of nitrogens with two attached hydrogens (primary N) is 1. The zero-order chi connectivity index (χ0) is 17.9. The van der Waals surface area contributed by atoms with E-state index in [-0.39, 0.29) is 11.9 Å². The molecule has 6 heteroatoms. The third kappa shape index (κ3) is 3.97. The van der Waals surface area contributed by atoms with Gasteiger partial charge in [-0.1, -0.05) is 37.6 Å². The molecule has 0 spiro atoms. The molecule has 1 unspecified atom stereocenters. The Labute approximate surface area is 148 Å². The molecule has 2 aromatic rings. The van der Waals surface area contributed by atoms with Gasteiger partial charge in [-0.15, -0.1) is 0 Å². The van der Waals surface area contributed by atoms with Gasteiger partial charge in [0.05, 0.1) is 28.2 Å². The second kappa shape index (κ2) is 7.81. The molecule has 2 N–H and O–H groups in total. The summed E-state index contributed by atoms with van der Waals surface area (Å²) in [5, 5.41) is 4.93. The number of benzene rings is 1. The number of rotatable bonds is 6. The first kappa shape index (κ1) is 18.5.